The zero-order valence-corrected chi connectivity index (χ0v) is 10.9. The van der Waals surface area contributed by atoms with Crippen LogP contribution in [0.25, 0.3) is 0 Å². The van der Waals surface area contributed by atoms with Crippen molar-refractivity contribution in [2.45, 2.75) is 27.2 Å². The number of nitrogens with two attached hydrogens (primary N) is 1. The van der Waals surface area contributed by atoms with Crippen LogP contribution in [0.4, 0.5) is 5.69 Å². The van der Waals surface area contributed by atoms with E-state index in [0.29, 0.717) is 16.1 Å². The van der Waals surface area contributed by atoms with Gasteiger partial charge in [-0.15, -0.1) is 0 Å². The van der Waals surface area contributed by atoms with Crippen molar-refractivity contribution in [2.24, 2.45) is 11.1 Å². The summed E-state index contributed by atoms with van der Waals surface area (Å²) in [6, 6.07) is 3.78. The van der Waals surface area contributed by atoms with Crippen LogP contribution in [0.5, 0.6) is 0 Å². The molecule has 0 aromatic carbocycles. The molecule has 3 nitrogen and oxygen atoms in total. The van der Waals surface area contributed by atoms with Gasteiger partial charge in [0.25, 0.3) is 0 Å². The molecular formula is C12H19N3S. The predicted molar refractivity (Wildman–Crippen MR) is 72.7 cm³/mol. The van der Waals surface area contributed by atoms with Gasteiger partial charge in [0.1, 0.15) is 4.99 Å². The maximum Gasteiger partial charge on any atom is 0.122 e. The molecule has 0 radical (unpaired) electrons. The van der Waals surface area contributed by atoms with Crippen LogP contribution in [-0.2, 0) is 0 Å². The van der Waals surface area contributed by atoms with Crippen LogP contribution in [0.2, 0.25) is 0 Å². The lowest BCUT2D eigenvalue weighted by molar-refractivity contribution is 0.390. The minimum absolute atomic E-state index is 0.334. The first-order valence-electron chi connectivity index (χ1n) is 5.38. The lowest BCUT2D eigenvalue weighted by atomic mass is 9.92. The molecule has 3 N–H and O–H groups in total. The highest BCUT2D eigenvalue weighted by atomic mass is 32.1. The van der Waals surface area contributed by atoms with E-state index in [-0.39, 0.29) is 0 Å². The van der Waals surface area contributed by atoms with Crippen molar-refractivity contribution in [2.75, 3.05) is 11.9 Å². The highest BCUT2D eigenvalue weighted by molar-refractivity contribution is 7.80. The first-order chi connectivity index (χ1) is 7.38. The summed E-state index contributed by atoms with van der Waals surface area (Å²) < 4.78 is 0. The Bertz CT molecular complexity index is 352. The van der Waals surface area contributed by atoms with Gasteiger partial charge in [0.15, 0.2) is 0 Å². The van der Waals surface area contributed by atoms with Gasteiger partial charge in [-0.2, -0.15) is 0 Å². The number of nitrogens with zero attached hydrogens (tertiary/aromatic N) is 1. The van der Waals surface area contributed by atoms with Crippen molar-refractivity contribution in [3.63, 3.8) is 0 Å². The molecule has 88 valence electrons. The lowest BCUT2D eigenvalue weighted by Crippen LogP contribution is -2.14. The molecular weight excluding hydrogens is 218 g/mol. The highest BCUT2D eigenvalue weighted by Gasteiger charge is 2.08. The Labute approximate surface area is 102 Å². The fourth-order valence-electron chi connectivity index (χ4n) is 1.23. The molecule has 0 unspecified atom stereocenters. The molecule has 0 saturated carbocycles. The predicted octanol–water partition coefficient (Wildman–Crippen LogP) is 2.56. The second-order valence-corrected chi connectivity index (χ2v) is 5.47. The van der Waals surface area contributed by atoms with Crippen LogP contribution in [0.15, 0.2) is 18.3 Å². The molecule has 0 aliphatic heterocycles. The molecule has 0 aliphatic carbocycles. The number of pyridine rings is 1. The Hall–Kier alpha value is -1.16. The van der Waals surface area contributed by atoms with Crippen molar-refractivity contribution in [1.29, 1.82) is 0 Å². The van der Waals surface area contributed by atoms with Crippen molar-refractivity contribution >= 4 is 22.9 Å². The Morgan fingerprint density at radius 1 is 1.44 bits per heavy atom. The molecule has 1 aromatic rings. The number of nitrogens with one attached hydrogen (secondary N) is 1. The Morgan fingerprint density at radius 3 is 2.56 bits per heavy atom. The summed E-state index contributed by atoms with van der Waals surface area (Å²) in [4.78, 5) is 4.50. The van der Waals surface area contributed by atoms with Gasteiger partial charge in [-0.3, -0.25) is 4.98 Å². The van der Waals surface area contributed by atoms with Crippen molar-refractivity contribution in [1.82, 2.24) is 4.98 Å². The summed E-state index contributed by atoms with van der Waals surface area (Å²) in [5, 5.41) is 3.32. The van der Waals surface area contributed by atoms with E-state index in [1.165, 1.54) is 0 Å². The van der Waals surface area contributed by atoms with Crippen molar-refractivity contribution in [3.05, 3.63) is 24.0 Å². The summed E-state index contributed by atoms with van der Waals surface area (Å²) >= 11 is 4.84. The van der Waals surface area contributed by atoms with E-state index in [1.54, 1.807) is 6.20 Å². The van der Waals surface area contributed by atoms with Crippen molar-refractivity contribution < 1.29 is 0 Å². The number of hydrogen-bond donors (Lipinski definition) is 2. The molecule has 0 amide bonds. The summed E-state index contributed by atoms with van der Waals surface area (Å²) in [7, 11) is 0. The average molecular weight is 237 g/mol. The quantitative estimate of drug-likeness (QED) is 0.790. The number of hydrogen-bond acceptors (Lipinski definition) is 3. The molecule has 1 aromatic heterocycles. The highest BCUT2D eigenvalue weighted by Crippen LogP contribution is 2.18. The zero-order chi connectivity index (χ0) is 12.2. The van der Waals surface area contributed by atoms with Gasteiger partial charge in [-0.1, -0.05) is 33.0 Å². The largest absolute Gasteiger partial charge is 0.388 e. The van der Waals surface area contributed by atoms with Crippen LogP contribution >= 0.6 is 12.2 Å². The second kappa shape index (κ2) is 5.25. The topological polar surface area (TPSA) is 50.9 Å². The standard InChI is InChI=1S/C12H19N3S/c1-12(2,3)6-7-14-9-4-5-10(11(13)16)15-8-9/h4-5,8,14H,6-7H2,1-3H3,(H2,13,16). The van der Waals surface area contributed by atoms with E-state index < -0.39 is 0 Å². The van der Waals surface area contributed by atoms with Gasteiger partial charge in [0.05, 0.1) is 17.6 Å². The SMILES string of the molecule is CC(C)(C)CCNc1ccc(C(N)=S)nc1. The first kappa shape index (κ1) is 12.9. The smallest absolute Gasteiger partial charge is 0.122 e. The van der Waals surface area contributed by atoms with E-state index in [9.17, 15) is 0 Å². The van der Waals surface area contributed by atoms with Gasteiger partial charge in [0, 0.05) is 6.54 Å². The van der Waals surface area contributed by atoms with E-state index >= 15 is 0 Å². The fourth-order valence-corrected chi connectivity index (χ4v) is 1.35. The summed E-state index contributed by atoms with van der Waals surface area (Å²) in [5.41, 5.74) is 7.48. The third-order valence-electron chi connectivity index (χ3n) is 2.22. The molecule has 0 aliphatic rings. The summed E-state index contributed by atoms with van der Waals surface area (Å²) in [5.74, 6) is 0. The normalized spacial score (nSPS) is 11.2. The lowest BCUT2D eigenvalue weighted by Gasteiger charge is -2.18. The third kappa shape index (κ3) is 4.57. The molecule has 0 fully saturated rings. The average Bonchev–Trinajstić information content (AvgIpc) is 2.16. The number of rotatable bonds is 4. The van der Waals surface area contributed by atoms with Crippen LogP contribution in [0.3, 0.4) is 0 Å². The number of thiocarbonyl (C=S) groups is 1. The molecule has 1 heterocycles. The van der Waals surface area contributed by atoms with E-state index in [4.69, 9.17) is 18.0 Å². The minimum Gasteiger partial charge on any atom is -0.388 e. The summed E-state index contributed by atoms with van der Waals surface area (Å²) in [6.07, 6.45) is 2.88. The van der Waals surface area contributed by atoms with Gasteiger partial charge < -0.3 is 11.1 Å². The van der Waals surface area contributed by atoms with Crippen molar-refractivity contribution in [3.8, 4) is 0 Å². The minimum atomic E-state index is 0.334. The molecule has 16 heavy (non-hydrogen) atoms. The monoisotopic (exact) mass is 237 g/mol. The maximum atomic E-state index is 5.47. The van der Waals surface area contributed by atoms with Crippen LogP contribution in [0.1, 0.15) is 32.9 Å². The molecule has 0 bridgehead atoms. The van der Waals surface area contributed by atoms with Gasteiger partial charge >= 0.3 is 0 Å². The van der Waals surface area contributed by atoms with E-state index in [1.807, 2.05) is 12.1 Å². The maximum absolute atomic E-state index is 5.47. The van der Waals surface area contributed by atoms with Gasteiger partial charge in [0.2, 0.25) is 0 Å². The Kier molecular flexibility index (Phi) is 4.24. The van der Waals surface area contributed by atoms with Gasteiger partial charge in [-0.05, 0) is 24.0 Å². The summed E-state index contributed by atoms with van der Waals surface area (Å²) in [6.45, 7) is 7.62. The van der Waals surface area contributed by atoms with Crippen LogP contribution < -0.4 is 11.1 Å². The molecule has 0 spiro atoms. The molecule has 4 heteroatoms. The van der Waals surface area contributed by atoms with E-state index in [2.05, 4.69) is 31.1 Å². The molecule has 1 rings (SSSR count). The second-order valence-electron chi connectivity index (χ2n) is 5.03. The number of anilines is 1. The first-order valence-corrected chi connectivity index (χ1v) is 5.79. The molecule has 0 atom stereocenters. The van der Waals surface area contributed by atoms with Gasteiger partial charge in [-0.25, -0.2) is 0 Å². The molecule has 0 saturated heterocycles. The number of aromatic nitrogens is 1. The fraction of sp³-hybridized carbons (Fsp3) is 0.500. The Balaban J connectivity index is 2.47. The van der Waals surface area contributed by atoms with Crippen LogP contribution in [0, 0.1) is 5.41 Å². The Morgan fingerprint density at radius 2 is 2.12 bits per heavy atom. The zero-order valence-electron chi connectivity index (χ0n) is 10.1. The van der Waals surface area contributed by atoms with Crippen LogP contribution in [-0.4, -0.2) is 16.5 Å². The third-order valence-corrected chi connectivity index (χ3v) is 2.43. The van der Waals surface area contributed by atoms with E-state index in [0.717, 1.165) is 18.7 Å².